The van der Waals surface area contributed by atoms with Gasteiger partial charge in [-0.25, -0.2) is 4.98 Å². The third-order valence-electron chi connectivity index (χ3n) is 8.85. The Morgan fingerprint density at radius 2 is 1.19 bits per heavy atom. The van der Waals surface area contributed by atoms with E-state index in [0.717, 1.165) is 68.2 Å². The van der Waals surface area contributed by atoms with E-state index in [1.807, 2.05) is 12.1 Å². The van der Waals surface area contributed by atoms with Gasteiger partial charge in [-0.3, -0.25) is 9.56 Å². The first-order valence-corrected chi connectivity index (χ1v) is 16.2. The molecule has 1 aliphatic heterocycles. The Balaban J connectivity index is 1.20. The lowest BCUT2D eigenvalue weighted by Gasteiger charge is -2.27. The van der Waals surface area contributed by atoms with Gasteiger partial charge in [-0.05, 0) is 63.7 Å². The number of rotatable bonds is 7. The van der Waals surface area contributed by atoms with Crippen molar-refractivity contribution in [3.05, 3.63) is 186 Å². The molecular formula is C43H34N4. The predicted molar refractivity (Wildman–Crippen MR) is 195 cm³/mol. The van der Waals surface area contributed by atoms with Gasteiger partial charge in [-0.15, -0.1) is 0 Å². The van der Waals surface area contributed by atoms with E-state index in [2.05, 4.69) is 168 Å². The van der Waals surface area contributed by atoms with Gasteiger partial charge < -0.3 is 5.32 Å². The van der Waals surface area contributed by atoms with E-state index in [0.29, 0.717) is 0 Å². The zero-order chi connectivity index (χ0) is 31.6. The van der Waals surface area contributed by atoms with E-state index in [4.69, 9.17) is 9.98 Å². The second-order valence-electron chi connectivity index (χ2n) is 11.7. The SMILES string of the molecule is CCc1nc2ccccc2n1-c1ccc(-c2ccccc2-c2ccccc2C2N=C(c3ccccc3)C=C(c3ccccc3)N2)cc1. The lowest BCUT2D eigenvalue weighted by molar-refractivity contribution is 0.665. The molecule has 0 radical (unpaired) electrons. The van der Waals surface area contributed by atoms with Crippen LogP contribution >= 0.6 is 0 Å². The van der Waals surface area contributed by atoms with Gasteiger partial charge in [0.2, 0.25) is 0 Å². The van der Waals surface area contributed by atoms with Gasteiger partial charge in [-0.1, -0.05) is 140 Å². The standard InChI is InChI=1S/C43H34N4/c1-2-42-44-38-23-13-14-24-41(38)47(42)33-27-25-30(26-28-33)34-19-9-10-20-35(34)36-21-11-12-22-37(36)43-45-39(31-15-5-3-6-16-31)29-40(46-43)32-17-7-4-8-18-32/h3-29,43,45H,2H2,1H3. The molecule has 7 aromatic rings. The molecule has 0 amide bonds. The van der Waals surface area contributed by atoms with Crippen LogP contribution in [-0.2, 0) is 6.42 Å². The first-order chi connectivity index (χ1) is 23.3. The maximum atomic E-state index is 5.29. The molecule has 1 aliphatic rings. The fourth-order valence-corrected chi connectivity index (χ4v) is 6.57. The van der Waals surface area contributed by atoms with Gasteiger partial charge in [0.25, 0.3) is 0 Å². The number of fused-ring (bicyclic) bond motifs is 1. The smallest absolute Gasteiger partial charge is 0.146 e. The molecule has 1 N–H and O–H groups in total. The van der Waals surface area contributed by atoms with Crippen molar-refractivity contribution >= 4 is 22.4 Å². The molecule has 226 valence electrons. The van der Waals surface area contributed by atoms with Crippen molar-refractivity contribution in [2.75, 3.05) is 0 Å². The number of allylic oxidation sites excluding steroid dienone is 1. The van der Waals surface area contributed by atoms with Crippen LogP contribution in [0.25, 0.3) is 44.7 Å². The lowest BCUT2D eigenvalue weighted by atomic mass is 9.90. The van der Waals surface area contributed by atoms with Crippen LogP contribution in [0.4, 0.5) is 0 Å². The van der Waals surface area contributed by atoms with Crippen molar-refractivity contribution in [3.63, 3.8) is 0 Å². The maximum Gasteiger partial charge on any atom is 0.146 e. The third kappa shape index (κ3) is 5.44. The molecule has 0 bridgehead atoms. The Kier molecular flexibility index (Phi) is 7.52. The Bertz CT molecular complexity index is 2240. The van der Waals surface area contributed by atoms with Gasteiger partial charge in [-0.2, -0.15) is 0 Å². The van der Waals surface area contributed by atoms with Crippen LogP contribution in [0.2, 0.25) is 0 Å². The number of para-hydroxylation sites is 2. The summed E-state index contributed by atoms with van der Waals surface area (Å²) in [5.41, 5.74) is 13.3. The average molecular weight is 607 g/mol. The molecule has 0 aliphatic carbocycles. The molecule has 1 aromatic heterocycles. The molecule has 1 unspecified atom stereocenters. The van der Waals surface area contributed by atoms with Gasteiger partial charge >= 0.3 is 0 Å². The molecule has 4 heteroatoms. The topological polar surface area (TPSA) is 42.2 Å². The molecule has 0 saturated heterocycles. The number of nitrogens with one attached hydrogen (secondary N) is 1. The number of hydrogen-bond donors (Lipinski definition) is 1. The van der Waals surface area contributed by atoms with Crippen molar-refractivity contribution in [2.45, 2.75) is 19.5 Å². The van der Waals surface area contributed by atoms with Crippen LogP contribution in [-0.4, -0.2) is 15.3 Å². The fraction of sp³-hybridized carbons (Fsp3) is 0.0698. The Labute approximate surface area is 275 Å². The molecule has 47 heavy (non-hydrogen) atoms. The molecule has 0 fully saturated rings. The molecular weight excluding hydrogens is 573 g/mol. The first-order valence-electron chi connectivity index (χ1n) is 16.2. The molecule has 0 spiro atoms. The molecule has 1 atom stereocenters. The number of benzene rings is 6. The number of nitrogens with zero attached hydrogens (tertiary/aromatic N) is 3. The number of aryl methyl sites for hydroxylation is 1. The Hall–Kier alpha value is -6.00. The quantitative estimate of drug-likeness (QED) is 0.196. The molecule has 8 rings (SSSR count). The van der Waals surface area contributed by atoms with E-state index in [9.17, 15) is 0 Å². The summed E-state index contributed by atoms with van der Waals surface area (Å²) in [5.74, 6) is 1.06. The summed E-state index contributed by atoms with van der Waals surface area (Å²) in [6.45, 7) is 2.16. The van der Waals surface area contributed by atoms with E-state index < -0.39 is 0 Å². The van der Waals surface area contributed by atoms with E-state index in [1.165, 1.54) is 11.1 Å². The minimum atomic E-state index is -0.265. The van der Waals surface area contributed by atoms with Crippen molar-refractivity contribution in [2.24, 2.45) is 4.99 Å². The molecule has 6 aromatic carbocycles. The number of imidazole rings is 1. The Morgan fingerprint density at radius 1 is 0.574 bits per heavy atom. The average Bonchev–Trinajstić information content (AvgIpc) is 3.54. The highest BCUT2D eigenvalue weighted by Crippen LogP contribution is 2.38. The minimum Gasteiger partial charge on any atom is -0.359 e. The van der Waals surface area contributed by atoms with Gasteiger partial charge in [0.05, 0.1) is 16.7 Å². The zero-order valence-corrected chi connectivity index (χ0v) is 26.2. The van der Waals surface area contributed by atoms with Crippen molar-refractivity contribution in [1.29, 1.82) is 0 Å². The fourth-order valence-electron chi connectivity index (χ4n) is 6.57. The van der Waals surface area contributed by atoms with Gasteiger partial charge in [0, 0.05) is 23.4 Å². The van der Waals surface area contributed by atoms with Crippen LogP contribution in [0.1, 0.15) is 35.6 Å². The largest absolute Gasteiger partial charge is 0.359 e. The van der Waals surface area contributed by atoms with Crippen molar-refractivity contribution in [3.8, 4) is 27.9 Å². The highest BCUT2D eigenvalue weighted by Gasteiger charge is 2.23. The minimum absolute atomic E-state index is 0.265. The van der Waals surface area contributed by atoms with Gasteiger partial charge in [0.1, 0.15) is 12.0 Å². The summed E-state index contributed by atoms with van der Waals surface area (Å²) in [4.78, 5) is 10.2. The predicted octanol–water partition coefficient (Wildman–Crippen LogP) is 10.1. The summed E-state index contributed by atoms with van der Waals surface area (Å²) in [6, 6.07) is 55.5. The second kappa shape index (κ2) is 12.4. The van der Waals surface area contributed by atoms with Crippen LogP contribution in [0.3, 0.4) is 0 Å². The van der Waals surface area contributed by atoms with Crippen molar-refractivity contribution in [1.82, 2.24) is 14.9 Å². The summed E-state index contributed by atoms with van der Waals surface area (Å²) in [5, 5.41) is 3.77. The summed E-state index contributed by atoms with van der Waals surface area (Å²) < 4.78 is 2.27. The normalized spacial score (nSPS) is 14.4. The molecule has 0 saturated carbocycles. The van der Waals surface area contributed by atoms with E-state index >= 15 is 0 Å². The number of aromatic nitrogens is 2. The number of hydrogen-bond acceptors (Lipinski definition) is 3. The summed E-state index contributed by atoms with van der Waals surface area (Å²) in [6.07, 6.45) is 2.76. The highest BCUT2D eigenvalue weighted by molar-refractivity contribution is 6.13. The van der Waals surface area contributed by atoms with E-state index in [-0.39, 0.29) is 6.17 Å². The van der Waals surface area contributed by atoms with E-state index in [1.54, 1.807) is 0 Å². The first kappa shape index (κ1) is 28.5. The van der Waals surface area contributed by atoms with Gasteiger partial charge in [0.15, 0.2) is 0 Å². The second-order valence-corrected chi connectivity index (χ2v) is 11.7. The molecule has 2 heterocycles. The van der Waals surface area contributed by atoms with Crippen LogP contribution in [0, 0.1) is 0 Å². The molecule has 4 nitrogen and oxygen atoms in total. The monoisotopic (exact) mass is 606 g/mol. The lowest BCUT2D eigenvalue weighted by Crippen LogP contribution is -2.25. The highest BCUT2D eigenvalue weighted by atomic mass is 15.1. The summed E-state index contributed by atoms with van der Waals surface area (Å²) in [7, 11) is 0. The van der Waals surface area contributed by atoms with Crippen LogP contribution in [0.5, 0.6) is 0 Å². The Morgan fingerprint density at radius 3 is 1.94 bits per heavy atom. The maximum absolute atomic E-state index is 5.29. The number of aliphatic imine (C=N–C) groups is 1. The van der Waals surface area contributed by atoms with Crippen LogP contribution < -0.4 is 5.32 Å². The van der Waals surface area contributed by atoms with Crippen molar-refractivity contribution < 1.29 is 0 Å². The third-order valence-corrected chi connectivity index (χ3v) is 8.85. The van der Waals surface area contributed by atoms with Crippen LogP contribution in [0.15, 0.2) is 169 Å². The zero-order valence-electron chi connectivity index (χ0n) is 26.2. The summed E-state index contributed by atoms with van der Waals surface area (Å²) >= 11 is 0.